The van der Waals surface area contributed by atoms with Gasteiger partial charge in [0, 0.05) is 54.0 Å². The minimum absolute atomic E-state index is 0. The first-order valence-corrected chi connectivity index (χ1v) is 5.26. The SMILES string of the molecule is [Ce].[c-]1ccc(OCCN2CCCC2)cc1. The van der Waals surface area contributed by atoms with Crippen molar-refractivity contribution < 1.29 is 46.5 Å². The van der Waals surface area contributed by atoms with E-state index in [2.05, 4.69) is 11.0 Å². The molecular formula is C12H16CeNO-. The molecule has 0 unspecified atom stereocenters. The monoisotopic (exact) mass is 330 g/mol. The topological polar surface area (TPSA) is 12.5 Å². The van der Waals surface area contributed by atoms with E-state index in [1.54, 1.807) is 0 Å². The van der Waals surface area contributed by atoms with Gasteiger partial charge in [-0.2, -0.15) is 18.2 Å². The molecular weight excluding hydrogens is 314 g/mol. The van der Waals surface area contributed by atoms with Gasteiger partial charge in [-0.25, -0.2) is 0 Å². The molecule has 1 saturated heterocycles. The molecule has 1 aliphatic heterocycles. The van der Waals surface area contributed by atoms with Gasteiger partial charge in [-0.1, -0.05) is 0 Å². The predicted molar refractivity (Wildman–Crippen MR) is 56.4 cm³/mol. The van der Waals surface area contributed by atoms with Gasteiger partial charge in [0.25, 0.3) is 0 Å². The molecule has 80 valence electrons. The van der Waals surface area contributed by atoms with Crippen molar-refractivity contribution in [3.05, 3.63) is 30.3 Å². The van der Waals surface area contributed by atoms with E-state index in [-0.39, 0.29) is 41.7 Å². The number of likely N-dealkylation sites (tertiary alicyclic amines) is 1. The summed E-state index contributed by atoms with van der Waals surface area (Å²) in [6, 6.07) is 10.6. The summed E-state index contributed by atoms with van der Waals surface area (Å²) < 4.78 is 5.61. The van der Waals surface area contributed by atoms with Crippen LogP contribution in [0.25, 0.3) is 0 Å². The minimum Gasteiger partial charge on any atom is -0.518 e. The summed E-state index contributed by atoms with van der Waals surface area (Å²) in [5.74, 6) is 0.947. The van der Waals surface area contributed by atoms with Crippen molar-refractivity contribution in [2.45, 2.75) is 12.8 Å². The zero-order valence-electron chi connectivity index (χ0n) is 8.91. The molecule has 2 nitrogen and oxygen atoms in total. The summed E-state index contributed by atoms with van der Waals surface area (Å²) >= 11 is 0. The van der Waals surface area contributed by atoms with Crippen LogP contribution in [-0.2, 0) is 0 Å². The molecule has 2 rings (SSSR count). The van der Waals surface area contributed by atoms with E-state index >= 15 is 0 Å². The average molecular weight is 330 g/mol. The van der Waals surface area contributed by atoms with Crippen LogP contribution in [0.1, 0.15) is 12.8 Å². The zero-order chi connectivity index (χ0) is 9.64. The summed E-state index contributed by atoms with van der Waals surface area (Å²) in [4.78, 5) is 2.45. The molecule has 0 aromatic heterocycles. The predicted octanol–water partition coefficient (Wildman–Crippen LogP) is 1.96. The third-order valence-corrected chi connectivity index (χ3v) is 2.56. The Bertz CT molecular complexity index is 260. The van der Waals surface area contributed by atoms with Gasteiger partial charge in [0.2, 0.25) is 0 Å². The number of benzene rings is 1. The van der Waals surface area contributed by atoms with Gasteiger partial charge in [-0.15, -0.1) is 12.1 Å². The molecule has 1 aromatic carbocycles. The van der Waals surface area contributed by atoms with Gasteiger partial charge in [-0.3, -0.25) is 4.90 Å². The van der Waals surface area contributed by atoms with Crippen molar-refractivity contribution in [1.82, 2.24) is 4.90 Å². The molecule has 0 saturated carbocycles. The Morgan fingerprint density at radius 3 is 2.53 bits per heavy atom. The summed E-state index contributed by atoms with van der Waals surface area (Å²) in [6.07, 6.45) is 2.70. The molecule has 0 radical (unpaired) electrons. The molecule has 0 bridgehead atoms. The first kappa shape index (κ1) is 13.4. The first-order chi connectivity index (χ1) is 6.95. The summed E-state index contributed by atoms with van der Waals surface area (Å²) in [7, 11) is 0. The van der Waals surface area contributed by atoms with Crippen LogP contribution in [0.3, 0.4) is 0 Å². The molecule has 0 atom stereocenters. The average Bonchev–Trinajstić information content (AvgIpc) is 2.72. The zero-order valence-corrected chi connectivity index (χ0v) is 12.0. The summed E-state index contributed by atoms with van der Waals surface area (Å²) in [5.41, 5.74) is 0. The smallest absolute Gasteiger partial charge is 0.0977 e. The Hall–Kier alpha value is 0.357. The van der Waals surface area contributed by atoms with Crippen LogP contribution in [0.5, 0.6) is 5.75 Å². The molecule has 1 aromatic rings. The Kier molecular flexibility index (Phi) is 6.80. The van der Waals surface area contributed by atoms with Gasteiger partial charge >= 0.3 is 0 Å². The van der Waals surface area contributed by atoms with Gasteiger partial charge < -0.3 is 4.74 Å². The number of hydrogen-bond donors (Lipinski definition) is 0. The van der Waals surface area contributed by atoms with E-state index in [1.807, 2.05) is 24.3 Å². The number of hydrogen-bond acceptors (Lipinski definition) is 2. The van der Waals surface area contributed by atoms with Gasteiger partial charge in [0.15, 0.2) is 0 Å². The maximum Gasteiger partial charge on any atom is 0.0977 e. The molecule has 1 heterocycles. The molecule has 3 heteroatoms. The normalized spacial score (nSPS) is 16.0. The van der Waals surface area contributed by atoms with E-state index in [0.29, 0.717) is 0 Å². The second-order valence-electron chi connectivity index (χ2n) is 3.63. The Morgan fingerprint density at radius 2 is 1.87 bits per heavy atom. The van der Waals surface area contributed by atoms with Crippen molar-refractivity contribution in [2.75, 3.05) is 26.2 Å². The van der Waals surface area contributed by atoms with E-state index in [0.717, 1.165) is 18.9 Å². The molecule has 1 fully saturated rings. The maximum atomic E-state index is 5.61. The van der Waals surface area contributed by atoms with Gasteiger partial charge in [-0.05, 0) is 25.9 Å². The third-order valence-electron chi connectivity index (χ3n) is 2.56. The van der Waals surface area contributed by atoms with Crippen LogP contribution in [0.15, 0.2) is 24.3 Å². The second kappa shape index (κ2) is 7.60. The molecule has 0 N–H and O–H groups in total. The summed E-state index contributed by atoms with van der Waals surface area (Å²) in [6.45, 7) is 4.33. The molecule has 1 aliphatic rings. The molecule has 15 heavy (non-hydrogen) atoms. The Balaban J connectivity index is 0.00000112. The van der Waals surface area contributed by atoms with E-state index in [4.69, 9.17) is 4.74 Å². The first-order valence-electron chi connectivity index (χ1n) is 5.26. The fourth-order valence-corrected chi connectivity index (χ4v) is 1.77. The van der Waals surface area contributed by atoms with Crippen LogP contribution < -0.4 is 4.74 Å². The van der Waals surface area contributed by atoms with Gasteiger partial charge in [0.05, 0.1) is 6.61 Å². The van der Waals surface area contributed by atoms with Crippen LogP contribution in [0.4, 0.5) is 0 Å². The quantitative estimate of drug-likeness (QED) is 0.783. The van der Waals surface area contributed by atoms with Crippen molar-refractivity contribution >= 4 is 0 Å². The van der Waals surface area contributed by atoms with Crippen LogP contribution in [0, 0.1) is 47.8 Å². The molecule has 0 aliphatic carbocycles. The minimum atomic E-state index is 0. The second-order valence-corrected chi connectivity index (χ2v) is 3.63. The standard InChI is InChI=1S/C12H16NO.Ce/c1-2-6-12(7-3-1)14-11-10-13-8-4-5-9-13;/h2-3,6-7H,4-5,8-11H2;/q-1;. The fraction of sp³-hybridized carbons (Fsp3) is 0.500. The third kappa shape index (κ3) is 4.81. The van der Waals surface area contributed by atoms with Gasteiger partial charge in [0.1, 0.15) is 0 Å². The van der Waals surface area contributed by atoms with Crippen LogP contribution in [-0.4, -0.2) is 31.1 Å². The van der Waals surface area contributed by atoms with Crippen molar-refractivity contribution in [1.29, 1.82) is 0 Å². The van der Waals surface area contributed by atoms with E-state index < -0.39 is 0 Å². The van der Waals surface area contributed by atoms with Crippen molar-refractivity contribution in [2.24, 2.45) is 0 Å². The number of rotatable bonds is 4. The van der Waals surface area contributed by atoms with E-state index in [9.17, 15) is 0 Å². The Morgan fingerprint density at radius 1 is 1.20 bits per heavy atom. The van der Waals surface area contributed by atoms with Crippen LogP contribution in [0.2, 0.25) is 0 Å². The Labute approximate surface area is 125 Å². The molecule has 0 amide bonds. The largest absolute Gasteiger partial charge is 0.518 e. The number of ether oxygens (including phenoxy) is 1. The van der Waals surface area contributed by atoms with Crippen molar-refractivity contribution in [3.63, 3.8) is 0 Å². The van der Waals surface area contributed by atoms with E-state index in [1.165, 1.54) is 25.9 Å². The number of nitrogens with zero attached hydrogens (tertiary/aromatic N) is 1. The molecule has 0 spiro atoms. The summed E-state index contributed by atoms with van der Waals surface area (Å²) in [5, 5.41) is 0. The maximum absolute atomic E-state index is 5.61. The van der Waals surface area contributed by atoms with Crippen LogP contribution >= 0.6 is 0 Å². The fourth-order valence-electron chi connectivity index (χ4n) is 1.77. The van der Waals surface area contributed by atoms with Crippen molar-refractivity contribution in [3.8, 4) is 5.75 Å².